The zero-order chi connectivity index (χ0) is 11.1. The molecular weight excluding hydrogens is 212 g/mol. The SMILES string of the molecule is N#CCCCCOc1ccc(Cl)cc1N. The summed E-state index contributed by atoms with van der Waals surface area (Å²) >= 11 is 5.75. The van der Waals surface area contributed by atoms with Gasteiger partial charge in [-0.3, -0.25) is 0 Å². The fraction of sp³-hybridized carbons (Fsp3) is 0.364. The Morgan fingerprint density at radius 2 is 2.20 bits per heavy atom. The highest BCUT2D eigenvalue weighted by Crippen LogP contribution is 2.24. The monoisotopic (exact) mass is 224 g/mol. The van der Waals surface area contributed by atoms with Gasteiger partial charge >= 0.3 is 0 Å². The summed E-state index contributed by atoms with van der Waals surface area (Å²) < 4.78 is 5.45. The van der Waals surface area contributed by atoms with Crippen LogP contribution in [-0.4, -0.2) is 6.61 Å². The van der Waals surface area contributed by atoms with Crippen LogP contribution in [0.5, 0.6) is 5.75 Å². The van der Waals surface area contributed by atoms with E-state index < -0.39 is 0 Å². The minimum atomic E-state index is 0.544. The molecule has 0 aliphatic carbocycles. The highest BCUT2D eigenvalue weighted by atomic mass is 35.5. The number of benzene rings is 1. The summed E-state index contributed by atoms with van der Waals surface area (Å²) in [6.45, 7) is 0.577. The summed E-state index contributed by atoms with van der Waals surface area (Å²) in [5, 5.41) is 8.93. The third-order valence-electron chi connectivity index (χ3n) is 1.91. The third kappa shape index (κ3) is 4.09. The second-order valence-electron chi connectivity index (χ2n) is 3.15. The molecule has 0 atom stereocenters. The fourth-order valence-electron chi connectivity index (χ4n) is 1.14. The molecule has 0 heterocycles. The highest BCUT2D eigenvalue weighted by Gasteiger charge is 2.00. The van der Waals surface area contributed by atoms with Crippen molar-refractivity contribution in [1.82, 2.24) is 0 Å². The third-order valence-corrected chi connectivity index (χ3v) is 2.15. The van der Waals surface area contributed by atoms with Gasteiger partial charge < -0.3 is 10.5 Å². The fourth-order valence-corrected chi connectivity index (χ4v) is 1.32. The van der Waals surface area contributed by atoms with E-state index in [2.05, 4.69) is 6.07 Å². The summed E-state index contributed by atoms with van der Waals surface area (Å²) in [6.07, 6.45) is 2.28. The number of halogens is 1. The molecular formula is C11H13ClN2O. The van der Waals surface area contributed by atoms with E-state index in [1.165, 1.54) is 0 Å². The molecule has 80 valence electrons. The standard InChI is InChI=1S/C11H13ClN2O/c12-9-4-5-11(10(14)8-9)15-7-3-1-2-6-13/h4-5,8H,1-3,7,14H2. The Bertz CT molecular complexity index is 360. The number of hydrogen-bond donors (Lipinski definition) is 1. The lowest BCUT2D eigenvalue weighted by atomic mass is 10.2. The van der Waals surface area contributed by atoms with Crippen LogP contribution in [0.1, 0.15) is 19.3 Å². The molecule has 2 N–H and O–H groups in total. The summed E-state index contributed by atoms with van der Waals surface area (Å²) in [6, 6.07) is 7.24. The number of rotatable bonds is 5. The van der Waals surface area contributed by atoms with E-state index in [1.54, 1.807) is 18.2 Å². The van der Waals surface area contributed by atoms with Gasteiger partial charge in [-0.05, 0) is 31.0 Å². The lowest BCUT2D eigenvalue weighted by Crippen LogP contribution is -2.00. The molecule has 4 heteroatoms. The Morgan fingerprint density at radius 1 is 1.40 bits per heavy atom. The Morgan fingerprint density at radius 3 is 2.87 bits per heavy atom. The Kier molecular flexibility index (Phi) is 4.79. The van der Waals surface area contributed by atoms with Crippen LogP contribution in [0.3, 0.4) is 0 Å². The smallest absolute Gasteiger partial charge is 0.142 e. The largest absolute Gasteiger partial charge is 0.491 e. The molecule has 1 aromatic carbocycles. The van der Waals surface area contributed by atoms with Gasteiger partial charge in [0.15, 0.2) is 0 Å². The van der Waals surface area contributed by atoms with Crippen LogP contribution in [-0.2, 0) is 0 Å². The second kappa shape index (κ2) is 6.15. The molecule has 0 saturated heterocycles. The molecule has 1 rings (SSSR count). The minimum absolute atomic E-state index is 0.544. The maximum atomic E-state index is 8.33. The van der Waals surface area contributed by atoms with E-state index in [4.69, 9.17) is 27.3 Å². The molecule has 0 unspecified atom stereocenters. The number of hydrogen-bond acceptors (Lipinski definition) is 3. The average Bonchev–Trinajstić information content (AvgIpc) is 2.20. The maximum Gasteiger partial charge on any atom is 0.142 e. The number of unbranched alkanes of at least 4 members (excludes halogenated alkanes) is 2. The summed E-state index contributed by atoms with van der Waals surface area (Å²) in [5.41, 5.74) is 6.24. The van der Waals surface area contributed by atoms with E-state index in [0.717, 1.165) is 12.8 Å². The van der Waals surface area contributed by atoms with Gasteiger partial charge in [0.2, 0.25) is 0 Å². The molecule has 0 aromatic heterocycles. The topological polar surface area (TPSA) is 59.0 Å². The first-order chi connectivity index (χ1) is 7.24. The van der Waals surface area contributed by atoms with Crippen molar-refractivity contribution in [2.24, 2.45) is 0 Å². The minimum Gasteiger partial charge on any atom is -0.491 e. The van der Waals surface area contributed by atoms with Gasteiger partial charge in [0, 0.05) is 11.4 Å². The van der Waals surface area contributed by atoms with Crippen LogP contribution in [0.25, 0.3) is 0 Å². The predicted molar refractivity (Wildman–Crippen MR) is 60.8 cm³/mol. The summed E-state index contributed by atoms with van der Waals surface area (Å²) in [4.78, 5) is 0. The average molecular weight is 225 g/mol. The Labute approximate surface area is 94.4 Å². The molecule has 0 saturated carbocycles. The maximum absolute atomic E-state index is 8.33. The molecule has 0 radical (unpaired) electrons. The van der Waals surface area contributed by atoms with E-state index in [1.807, 2.05) is 0 Å². The molecule has 0 aliphatic rings. The van der Waals surface area contributed by atoms with Gasteiger partial charge in [-0.15, -0.1) is 0 Å². The number of ether oxygens (including phenoxy) is 1. The van der Waals surface area contributed by atoms with E-state index in [9.17, 15) is 0 Å². The normalized spacial score (nSPS) is 9.60. The van der Waals surface area contributed by atoms with Crippen molar-refractivity contribution in [2.45, 2.75) is 19.3 Å². The Balaban J connectivity index is 2.35. The van der Waals surface area contributed by atoms with E-state index >= 15 is 0 Å². The number of nitrogen functional groups attached to an aromatic ring is 1. The van der Waals surface area contributed by atoms with Crippen molar-refractivity contribution in [3.63, 3.8) is 0 Å². The van der Waals surface area contributed by atoms with E-state index in [0.29, 0.717) is 29.5 Å². The van der Waals surface area contributed by atoms with E-state index in [-0.39, 0.29) is 0 Å². The first-order valence-corrected chi connectivity index (χ1v) is 5.16. The Hall–Kier alpha value is -1.40. The summed E-state index contributed by atoms with van der Waals surface area (Å²) in [5.74, 6) is 0.649. The van der Waals surface area contributed by atoms with Crippen LogP contribution >= 0.6 is 11.6 Å². The van der Waals surface area contributed by atoms with Crippen molar-refractivity contribution in [1.29, 1.82) is 5.26 Å². The van der Waals surface area contributed by atoms with Crippen LogP contribution in [0.4, 0.5) is 5.69 Å². The van der Waals surface area contributed by atoms with Crippen molar-refractivity contribution in [3.05, 3.63) is 23.2 Å². The van der Waals surface area contributed by atoms with Gasteiger partial charge in [0.25, 0.3) is 0 Å². The number of nitrogens with two attached hydrogens (primary N) is 1. The van der Waals surface area contributed by atoms with Gasteiger partial charge in [-0.25, -0.2) is 0 Å². The zero-order valence-corrected chi connectivity index (χ0v) is 9.13. The van der Waals surface area contributed by atoms with Crippen molar-refractivity contribution < 1.29 is 4.74 Å². The van der Waals surface area contributed by atoms with Gasteiger partial charge in [-0.2, -0.15) is 5.26 Å². The van der Waals surface area contributed by atoms with Crippen LogP contribution in [0, 0.1) is 11.3 Å². The van der Waals surface area contributed by atoms with Crippen molar-refractivity contribution >= 4 is 17.3 Å². The lowest BCUT2D eigenvalue weighted by Gasteiger charge is -2.08. The molecule has 15 heavy (non-hydrogen) atoms. The van der Waals surface area contributed by atoms with Gasteiger partial charge in [-0.1, -0.05) is 11.6 Å². The molecule has 1 aromatic rings. The zero-order valence-electron chi connectivity index (χ0n) is 8.37. The van der Waals surface area contributed by atoms with Crippen molar-refractivity contribution in [3.8, 4) is 11.8 Å². The molecule has 0 spiro atoms. The molecule has 0 amide bonds. The van der Waals surface area contributed by atoms with Crippen LogP contribution < -0.4 is 10.5 Å². The molecule has 0 bridgehead atoms. The first kappa shape index (κ1) is 11.7. The molecule has 3 nitrogen and oxygen atoms in total. The van der Waals surface area contributed by atoms with Gasteiger partial charge in [0.1, 0.15) is 5.75 Å². The summed E-state index contributed by atoms with van der Waals surface area (Å²) in [7, 11) is 0. The number of anilines is 1. The highest BCUT2D eigenvalue weighted by molar-refractivity contribution is 6.30. The number of nitrogens with zero attached hydrogens (tertiary/aromatic N) is 1. The quantitative estimate of drug-likeness (QED) is 0.618. The second-order valence-corrected chi connectivity index (χ2v) is 3.58. The number of nitriles is 1. The molecule has 0 aliphatic heterocycles. The van der Waals surface area contributed by atoms with Crippen LogP contribution in [0.2, 0.25) is 5.02 Å². The lowest BCUT2D eigenvalue weighted by molar-refractivity contribution is 0.309. The first-order valence-electron chi connectivity index (χ1n) is 4.79. The molecule has 0 fully saturated rings. The van der Waals surface area contributed by atoms with Crippen LogP contribution in [0.15, 0.2) is 18.2 Å². The van der Waals surface area contributed by atoms with Gasteiger partial charge in [0.05, 0.1) is 18.4 Å². The van der Waals surface area contributed by atoms with Crippen molar-refractivity contribution in [2.75, 3.05) is 12.3 Å². The predicted octanol–water partition coefficient (Wildman–Crippen LogP) is 2.99.